The lowest BCUT2D eigenvalue weighted by atomic mass is 10.0. The molecule has 2 rings (SSSR count). The number of hydrogen-bond donors (Lipinski definition) is 1. The van der Waals surface area contributed by atoms with Gasteiger partial charge in [-0.3, -0.25) is 14.5 Å². The summed E-state index contributed by atoms with van der Waals surface area (Å²) < 4.78 is 5.22. The third-order valence-corrected chi connectivity index (χ3v) is 3.68. The third kappa shape index (κ3) is 2.35. The van der Waals surface area contributed by atoms with E-state index in [1.54, 1.807) is 18.9 Å². The van der Waals surface area contributed by atoms with Crippen LogP contribution in [-0.2, 0) is 9.59 Å². The van der Waals surface area contributed by atoms with E-state index in [2.05, 4.69) is 5.32 Å². The van der Waals surface area contributed by atoms with E-state index in [4.69, 9.17) is 4.74 Å². The Balaban J connectivity index is 2.40. The Labute approximate surface area is 118 Å². The molecule has 1 aromatic carbocycles. The minimum Gasteiger partial charge on any atom is -0.496 e. The summed E-state index contributed by atoms with van der Waals surface area (Å²) in [5.41, 5.74) is 1.66. The molecule has 2 amide bonds. The highest BCUT2D eigenvalue weighted by Crippen LogP contribution is 2.27. The average Bonchev–Trinajstić information content (AvgIpc) is 2.43. The van der Waals surface area contributed by atoms with Crippen molar-refractivity contribution >= 4 is 17.5 Å². The summed E-state index contributed by atoms with van der Waals surface area (Å²) in [6.07, 6.45) is 0.586. The Kier molecular flexibility index (Phi) is 3.97. The molecule has 1 aliphatic rings. The first kappa shape index (κ1) is 14.4. The first-order valence-corrected chi connectivity index (χ1v) is 6.77. The Morgan fingerprint density at radius 2 is 2.05 bits per heavy atom. The molecule has 2 unspecified atom stereocenters. The van der Waals surface area contributed by atoms with Crippen molar-refractivity contribution in [3.63, 3.8) is 0 Å². The van der Waals surface area contributed by atoms with Crippen molar-refractivity contribution in [2.24, 2.45) is 0 Å². The first-order valence-electron chi connectivity index (χ1n) is 6.77. The number of nitrogens with one attached hydrogen (secondary N) is 1. The SMILES string of the molecule is CCC1NC(=O)C(C)N(c2ccc(OC)c(C)c2)C1=O. The molecule has 5 heteroatoms. The zero-order valence-electron chi connectivity index (χ0n) is 12.3. The maximum absolute atomic E-state index is 12.5. The Bertz CT molecular complexity index is 542. The van der Waals surface area contributed by atoms with Gasteiger partial charge in [-0.25, -0.2) is 0 Å². The number of rotatable bonds is 3. The van der Waals surface area contributed by atoms with Gasteiger partial charge in [-0.1, -0.05) is 6.92 Å². The molecule has 1 fully saturated rings. The molecule has 5 nitrogen and oxygen atoms in total. The molecule has 0 saturated carbocycles. The van der Waals surface area contributed by atoms with E-state index in [0.717, 1.165) is 17.0 Å². The van der Waals surface area contributed by atoms with Crippen molar-refractivity contribution in [3.8, 4) is 5.75 Å². The van der Waals surface area contributed by atoms with Gasteiger partial charge in [0.15, 0.2) is 0 Å². The molecule has 0 bridgehead atoms. The van der Waals surface area contributed by atoms with Crippen LogP contribution in [0.5, 0.6) is 5.75 Å². The number of amides is 2. The molecule has 1 aromatic rings. The molecule has 2 atom stereocenters. The standard InChI is InChI=1S/C15H20N2O3/c1-5-12-15(19)17(10(3)14(18)16-12)11-6-7-13(20-4)9(2)8-11/h6-8,10,12H,5H2,1-4H3,(H,16,18). The Morgan fingerprint density at radius 1 is 1.35 bits per heavy atom. The van der Waals surface area contributed by atoms with Crippen LogP contribution in [0.15, 0.2) is 18.2 Å². The second-order valence-corrected chi connectivity index (χ2v) is 5.01. The molecular weight excluding hydrogens is 256 g/mol. The van der Waals surface area contributed by atoms with E-state index in [9.17, 15) is 9.59 Å². The van der Waals surface area contributed by atoms with Crippen molar-refractivity contribution in [1.29, 1.82) is 0 Å². The van der Waals surface area contributed by atoms with Gasteiger partial charge in [0.2, 0.25) is 11.8 Å². The van der Waals surface area contributed by atoms with Crippen LogP contribution in [0.1, 0.15) is 25.8 Å². The van der Waals surface area contributed by atoms with Gasteiger partial charge in [-0.2, -0.15) is 0 Å². The fraction of sp³-hybridized carbons (Fsp3) is 0.467. The number of benzene rings is 1. The van der Waals surface area contributed by atoms with Crippen LogP contribution < -0.4 is 15.0 Å². The summed E-state index contributed by atoms with van der Waals surface area (Å²) in [5.74, 6) is 0.580. The zero-order chi connectivity index (χ0) is 14.9. The van der Waals surface area contributed by atoms with Gasteiger partial charge in [0.1, 0.15) is 17.8 Å². The van der Waals surface area contributed by atoms with Crippen LogP contribution in [0, 0.1) is 6.92 Å². The topological polar surface area (TPSA) is 58.6 Å². The Hall–Kier alpha value is -2.04. The number of piperazine rings is 1. The number of carbonyl (C=O) groups excluding carboxylic acids is 2. The predicted octanol–water partition coefficient (Wildman–Crippen LogP) is 1.63. The lowest BCUT2D eigenvalue weighted by Crippen LogP contribution is -2.62. The summed E-state index contributed by atoms with van der Waals surface area (Å²) in [7, 11) is 1.61. The fourth-order valence-corrected chi connectivity index (χ4v) is 2.47. The minimum atomic E-state index is -0.502. The van der Waals surface area contributed by atoms with Crippen LogP contribution >= 0.6 is 0 Å². The quantitative estimate of drug-likeness (QED) is 0.913. The normalized spacial score (nSPS) is 22.7. The average molecular weight is 276 g/mol. The molecule has 1 saturated heterocycles. The summed E-state index contributed by atoms with van der Waals surface area (Å²) >= 11 is 0. The van der Waals surface area contributed by atoms with Gasteiger partial charge in [-0.05, 0) is 44.0 Å². The van der Waals surface area contributed by atoms with Gasteiger partial charge in [0.05, 0.1) is 7.11 Å². The molecule has 1 N–H and O–H groups in total. The lowest BCUT2D eigenvalue weighted by Gasteiger charge is -2.37. The zero-order valence-corrected chi connectivity index (χ0v) is 12.3. The highest BCUT2D eigenvalue weighted by molar-refractivity contribution is 6.08. The van der Waals surface area contributed by atoms with Crippen LogP contribution in [0.25, 0.3) is 0 Å². The molecule has 0 aliphatic carbocycles. The number of methoxy groups -OCH3 is 1. The highest BCUT2D eigenvalue weighted by Gasteiger charge is 2.38. The molecule has 0 spiro atoms. The largest absolute Gasteiger partial charge is 0.496 e. The van der Waals surface area contributed by atoms with Crippen LogP contribution in [0.4, 0.5) is 5.69 Å². The summed E-state index contributed by atoms with van der Waals surface area (Å²) in [5, 5.41) is 2.75. The van der Waals surface area contributed by atoms with E-state index in [0.29, 0.717) is 6.42 Å². The number of ether oxygens (including phenoxy) is 1. The molecule has 0 aromatic heterocycles. The maximum atomic E-state index is 12.5. The van der Waals surface area contributed by atoms with Crippen molar-refractivity contribution in [3.05, 3.63) is 23.8 Å². The summed E-state index contributed by atoms with van der Waals surface area (Å²) in [4.78, 5) is 26.0. The van der Waals surface area contributed by atoms with Gasteiger partial charge in [-0.15, -0.1) is 0 Å². The lowest BCUT2D eigenvalue weighted by molar-refractivity contribution is -0.133. The third-order valence-electron chi connectivity index (χ3n) is 3.68. The molecule has 108 valence electrons. The fourth-order valence-electron chi connectivity index (χ4n) is 2.47. The van der Waals surface area contributed by atoms with Gasteiger partial charge < -0.3 is 10.1 Å². The van der Waals surface area contributed by atoms with Crippen molar-refractivity contribution < 1.29 is 14.3 Å². The monoisotopic (exact) mass is 276 g/mol. The number of hydrogen-bond acceptors (Lipinski definition) is 3. The highest BCUT2D eigenvalue weighted by atomic mass is 16.5. The van der Waals surface area contributed by atoms with E-state index < -0.39 is 12.1 Å². The van der Waals surface area contributed by atoms with Gasteiger partial charge >= 0.3 is 0 Å². The summed E-state index contributed by atoms with van der Waals surface area (Å²) in [6.45, 7) is 5.54. The van der Waals surface area contributed by atoms with E-state index >= 15 is 0 Å². The summed E-state index contributed by atoms with van der Waals surface area (Å²) in [6, 6.07) is 4.56. The van der Waals surface area contributed by atoms with Crippen LogP contribution in [-0.4, -0.2) is 31.0 Å². The number of aryl methyl sites for hydroxylation is 1. The number of anilines is 1. The Morgan fingerprint density at radius 3 is 2.60 bits per heavy atom. The van der Waals surface area contributed by atoms with E-state index in [1.807, 2.05) is 32.0 Å². The van der Waals surface area contributed by atoms with Crippen molar-refractivity contribution in [1.82, 2.24) is 5.32 Å². The van der Waals surface area contributed by atoms with Crippen molar-refractivity contribution in [2.45, 2.75) is 39.3 Å². The van der Waals surface area contributed by atoms with Gasteiger partial charge in [0.25, 0.3) is 0 Å². The van der Waals surface area contributed by atoms with E-state index in [-0.39, 0.29) is 11.8 Å². The second-order valence-electron chi connectivity index (χ2n) is 5.01. The first-order chi connectivity index (χ1) is 9.49. The maximum Gasteiger partial charge on any atom is 0.250 e. The number of nitrogens with zero attached hydrogens (tertiary/aromatic N) is 1. The molecule has 1 heterocycles. The van der Waals surface area contributed by atoms with Crippen LogP contribution in [0.3, 0.4) is 0 Å². The smallest absolute Gasteiger partial charge is 0.250 e. The van der Waals surface area contributed by atoms with E-state index in [1.165, 1.54) is 0 Å². The molecule has 20 heavy (non-hydrogen) atoms. The van der Waals surface area contributed by atoms with Crippen molar-refractivity contribution in [2.75, 3.05) is 12.0 Å². The molecule has 1 aliphatic heterocycles. The predicted molar refractivity (Wildman–Crippen MR) is 76.9 cm³/mol. The molecule has 0 radical (unpaired) electrons. The number of carbonyl (C=O) groups is 2. The molecular formula is C15H20N2O3. The van der Waals surface area contributed by atoms with Gasteiger partial charge in [0, 0.05) is 5.69 Å². The second kappa shape index (κ2) is 5.53. The minimum absolute atomic E-state index is 0.0656. The van der Waals surface area contributed by atoms with Crippen LogP contribution in [0.2, 0.25) is 0 Å².